The summed E-state index contributed by atoms with van der Waals surface area (Å²) in [5.74, 6) is -0.833. The van der Waals surface area contributed by atoms with Crippen LogP contribution in [-0.4, -0.2) is 16.6 Å². The summed E-state index contributed by atoms with van der Waals surface area (Å²) in [6.07, 6.45) is 10.7. The zero-order valence-electron chi connectivity index (χ0n) is 14.0. The Bertz CT molecular complexity index is 250. The highest BCUT2D eigenvalue weighted by Crippen LogP contribution is 2.29. The monoisotopic (exact) mass is 285 g/mol. The van der Waals surface area contributed by atoms with Gasteiger partial charge in [-0.15, -0.1) is 0 Å². The Kier molecular flexibility index (Phi) is 14.1. The first-order valence-electron chi connectivity index (χ1n) is 8.00. The molecule has 0 aromatic heterocycles. The zero-order valence-corrected chi connectivity index (χ0v) is 14.0. The third-order valence-electron chi connectivity index (χ3n) is 3.49. The molecule has 3 nitrogen and oxygen atoms in total. The number of unbranched alkanes of at least 4 members (excludes halogenated alkanes) is 3. The first kappa shape index (κ1) is 21.5. The lowest BCUT2D eigenvalue weighted by molar-refractivity contribution is -0.134. The lowest BCUT2D eigenvalue weighted by atomic mass is 9.80. The predicted molar refractivity (Wildman–Crippen MR) is 87.9 cm³/mol. The van der Waals surface area contributed by atoms with E-state index in [-0.39, 0.29) is 5.54 Å². The molecule has 20 heavy (non-hydrogen) atoms. The smallest absolute Gasteiger partial charge is 0.300 e. The van der Waals surface area contributed by atoms with Crippen molar-refractivity contribution >= 4 is 5.97 Å². The number of rotatable bonds is 10. The Morgan fingerprint density at radius 1 is 1.05 bits per heavy atom. The molecule has 0 aliphatic heterocycles. The van der Waals surface area contributed by atoms with E-state index in [0.29, 0.717) is 0 Å². The van der Waals surface area contributed by atoms with Gasteiger partial charge >= 0.3 is 0 Å². The number of nitrogens with two attached hydrogens (primary N) is 1. The summed E-state index contributed by atoms with van der Waals surface area (Å²) in [4.78, 5) is 9.00. The second kappa shape index (κ2) is 13.2. The Labute approximate surface area is 125 Å². The molecular weight excluding hydrogens is 250 g/mol. The first-order valence-corrected chi connectivity index (χ1v) is 8.00. The Hall–Kier alpha value is -0.830. The second-order valence-corrected chi connectivity index (χ2v) is 5.59. The van der Waals surface area contributed by atoms with Gasteiger partial charge in [0, 0.05) is 12.5 Å². The molecule has 0 aliphatic rings. The summed E-state index contributed by atoms with van der Waals surface area (Å²) < 4.78 is 0. The van der Waals surface area contributed by atoms with Crippen LogP contribution < -0.4 is 5.73 Å². The highest BCUT2D eigenvalue weighted by Gasteiger charge is 2.26. The molecule has 0 aromatic carbocycles. The standard InChI is InChI=1S/C15H31N.C2H4O2/c1-5-8-11-14(4)15(16,12-9-6-2)13-10-7-3;1-2(3)4/h4-13,16H2,1-3H3;1H3,(H,3,4). The summed E-state index contributed by atoms with van der Waals surface area (Å²) in [5.41, 5.74) is 7.76. The van der Waals surface area contributed by atoms with Crippen LogP contribution in [0.1, 0.15) is 85.5 Å². The van der Waals surface area contributed by atoms with Gasteiger partial charge in [0.1, 0.15) is 0 Å². The quantitative estimate of drug-likeness (QED) is 0.561. The van der Waals surface area contributed by atoms with Crippen LogP contribution in [0.2, 0.25) is 0 Å². The van der Waals surface area contributed by atoms with E-state index in [1.54, 1.807) is 0 Å². The van der Waals surface area contributed by atoms with Crippen LogP contribution in [-0.2, 0) is 4.79 Å². The van der Waals surface area contributed by atoms with Crippen molar-refractivity contribution in [2.45, 2.75) is 91.0 Å². The zero-order chi connectivity index (χ0) is 16.0. The molecule has 0 unspecified atom stereocenters. The van der Waals surface area contributed by atoms with Gasteiger partial charge in [-0.3, -0.25) is 4.79 Å². The third-order valence-corrected chi connectivity index (χ3v) is 3.49. The Morgan fingerprint density at radius 3 is 1.70 bits per heavy atom. The van der Waals surface area contributed by atoms with Gasteiger partial charge in [0.15, 0.2) is 0 Å². The third kappa shape index (κ3) is 12.2. The fourth-order valence-electron chi connectivity index (χ4n) is 2.10. The van der Waals surface area contributed by atoms with Crippen molar-refractivity contribution in [2.75, 3.05) is 0 Å². The number of carboxylic acid groups (broad SMARTS) is 1. The fourth-order valence-corrected chi connectivity index (χ4v) is 2.10. The molecule has 0 rings (SSSR count). The number of hydrogen-bond donors (Lipinski definition) is 2. The summed E-state index contributed by atoms with van der Waals surface area (Å²) in [6, 6.07) is 0. The largest absolute Gasteiger partial charge is 0.481 e. The van der Waals surface area contributed by atoms with Gasteiger partial charge in [0.25, 0.3) is 5.97 Å². The molecule has 0 bridgehead atoms. The van der Waals surface area contributed by atoms with Gasteiger partial charge in [-0.25, -0.2) is 0 Å². The summed E-state index contributed by atoms with van der Waals surface area (Å²) in [6.45, 7) is 12.0. The molecule has 0 fully saturated rings. The van der Waals surface area contributed by atoms with E-state index in [1.165, 1.54) is 44.1 Å². The average Bonchev–Trinajstić information content (AvgIpc) is 2.39. The van der Waals surface area contributed by atoms with Gasteiger partial charge in [-0.2, -0.15) is 0 Å². The normalized spacial score (nSPS) is 10.7. The van der Waals surface area contributed by atoms with Crippen LogP contribution >= 0.6 is 0 Å². The van der Waals surface area contributed by atoms with Crippen molar-refractivity contribution in [3.63, 3.8) is 0 Å². The number of aliphatic carboxylic acids is 1. The van der Waals surface area contributed by atoms with Gasteiger partial charge in [-0.05, 0) is 25.7 Å². The van der Waals surface area contributed by atoms with Gasteiger partial charge < -0.3 is 10.8 Å². The number of carbonyl (C=O) groups is 1. The van der Waals surface area contributed by atoms with Gasteiger partial charge in [-0.1, -0.05) is 65.0 Å². The predicted octanol–water partition coefficient (Wildman–Crippen LogP) is 4.90. The maximum Gasteiger partial charge on any atom is 0.300 e. The van der Waals surface area contributed by atoms with Crippen LogP contribution in [0.15, 0.2) is 12.2 Å². The van der Waals surface area contributed by atoms with Crippen LogP contribution in [0, 0.1) is 0 Å². The lowest BCUT2D eigenvalue weighted by Crippen LogP contribution is -2.41. The maximum atomic E-state index is 9.00. The first-order chi connectivity index (χ1) is 9.33. The molecule has 0 heterocycles. The van der Waals surface area contributed by atoms with Crippen molar-refractivity contribution in [1.29, 1.82) is 0 Å². The molecule has 0 spiro atoms. The van der Waals surface area contributed by atoms with Crippen LogP contribution in [0.25, 0.3) is 0 Å². The Morgan fingerprint density at radius 2 is 1.40 bits per heavy atom. The molecule has 0 atom stereocenters. The average molecular weight is 285 g/mol. The molecule has 120 valence electrons. The highest BCUT2D eigenvalue weighted by atomic mass is 16.4. The summed E-state index contributed by atoms with van der Waals surface area (Å²) >= 11 is 0. The van der Waals surface area contributed by atoms with E-state index in [4.69, 9.17) is 15.6 Å². The van der Waals surface area contributed by atoms with E-state index >= 15 is 0 Å². The molecule has 0 aromatic rings. The van der Waals surface area contributed by atoms with Crippen molar-refractivity contribution in [3.8, 4) is 0 Å². The molecule has 0 radical (unpaired) electrons. The van der Waals surface area contributed by atoms with E-state index in [0.717, 1.165) is 26.2 Å². The van der Waals surface area contributed by atoms with Crippen LogP contribution in [0.3, 0.4) is 0 Å². The van der Waals surface area contributed by atoms with E-state index in [2.05, 4.69) is 27.4 Å². The van der Waals surface area contributed by atoms with Crippen molar-refractivity contribution in [1.82, 2.24) is 0 Å². The molecule has 0 saturated carbocycles. The lowest BCUT2D eigenvalue weighted by Gasteiger charge is -2.32. The SMILES string of the molecule is C=C(CCCC)C(N)(CCCC)CCCC.CC(=O)O. The molecule has 3 heteroatoms. The van der Waals surface area contributed by atoms with E-state index in [9.17, 15) is 0 Å². The minimum atomic E-state index is -0.833. The van der Waals surface area contributed by atoms with Gasteiger partial charge in [0.2, 0.25) is 0 Å². The number of carboxylic acids is 1. The molecule has 3 N–H and O–H groups in total. The highest BCUT2D eigenvalue weighted by molar-refractivity contribution is 5.62. The minimum absolute atomic E-state index is 0.0822. The second-order valence-electron chi connectivity index (χ2n) is 5.59. The van der Waals surface area contributed by atoms with Crippen LogP contribution in [0.5, 0.6) is 0 Å². The fraction of sp³-hybridized carbons (Fsp3) is 0.824. The minimum Gasteiger partial charge on any atom is -0.481 e. The van der Waals surface area contributed by atoms with Crippen molar-refractivity contribution in [2.24, 2.45) is 5.73 Å². The molecule has 0 saturated heterocycles. The molecular formula is C17H35NO2. The van der Waals surface area contributed by atoms with Crippen molar-refractivity contribution < 1.29 is 9.90 Å². The topological polar surface area (TPSA) is 63.3 Å². The van der Waals surface area contributed by atoms with E-state index < -0.39 is 5.97 Å². The summed E-state index contributed by atoms with van der Waals surface area (Å²) in [5, 5.41) is 7.42. The van der Waals surface area contributed by atoms with E-state index in [1.807, 2.05) is 0 Å². The maximum absolute atomic E-state index is 9.00. The number of hydrogen-bond acceptors (Lipinski definition) is 2. The molecule has 0 aliphatic carbocycles. The Balaban J connectivity index is 0. The van der Waals surface area contributed by atoms with Crippen molar-refractivity contribution in [3.05, 3.63) is 12.2 Å². The summed E-state index contributed by atoms with van der Waals surface area (Å²) in [7, 11) is 0. The molecule has 0 amide bonds. The van der Waals surface area contributed by atoms with Crippen LogP contribution in [0.4, 0.5) is 0 Å². The van der Waals surface area contributed by atoms with Gasteiger partial charge in [0.05, 0.1) is 0 Å².